The Morgan fingerprint density at radius 3 is 2.57 bits per heavy atom. The molecule has 0 radical (unpaired) electrons. The summed E-state index contributed by atoms with van der Waals surface area (Å²) < 4.78 is 1.46. The monoisotopic (exact) mass is 334 g/mol. The summed E-state index contributed by atoms with van der Waals surface area (Å²) in [5.41, 5.74) is 0.543. The number of nitrogens with zero attached hydrogens (tertiary/aromatic N) is 2. The van der Waals surface area contributed by atoms with E-state index in [1.54, 1.807) is 18.3 Å². The minimum atomic E-state index is -0.132. The number of halogens is 1. The molecule has 0 bridgehead atoms. The molecule has 0 spiro atoms. The van der Waals surface area contributed by atoms with E-state index < -0.39 is 0 Å². The van der Waals surface area contributed by atoms with Crippen molar-refractivity contribution in [3.8, 4) is 0 Å². The summed E-state index contributed by atoms with van der Waals surface area (Å²) in [7, 11) is 0. The largest absolute Gasteiger partial charge is 0.367 e. The summed E-state index contributed by atoms with van der Waals surface area (Å²) in [4.78, 5) is 16.8. The molecule has 1 aliphatic heterocycles. The molecule has 0 amide bonds. The van der Waals surface area contributed by atoms with Crippen molar-refractivity contribution < 1.29 is 0 Å². The van der Waals surface area contributed by atoms with Crippen molar-refractivity contribution >= 4 is 23.1 Å². The number of pyridine rings is 1. The van der Waals surface area contributed by atoms with Crippen LogP contribution in [-0.4, -0.2) is 26.5 Å². The molecular weight excluding hydrogens is 312 g/mol. The lowest BCUT2D eigenvalue weighted by atomic mass is 9.79. The standard InChI is InChI=1S/C17H23ClN4O/c1-16(2)8-12(9-17(3,4)21-16)19-13-7-15(23)22-10-11(18)5-6-14(22)20-13/h5-7,10,12,19,21H,8-9H2,1-4H3. The predicted molar refractivity (Wildman–Crippen MR) is 94.4 cm³/mol. The normalized spacial score (nSPS) is 20.6. The highest BCUT2D eigenvalue weighted by Gasteiger charge is 2.37. The summed E-state index contributed by atoms with van der Waals surface area (Å²) in [6.45, 7) is 8.81. The van der Waals surface area contributed by atoms with E-state index >= 15 is 0 Å². The van der Waals surface area contributed by atoms with Crippen LogP contribution in [0.15, 0.2) is 29.2 Å². The van der Waals surface area contributed by atoms with Crippen LogP contribution in [-0.2, 0) is 0 Å². The molecule has 124 valence electrons. The lowest BCUT2D eigenvalue weighted by Gasteiger charge is -2.46. The molecule has 0 unspecified atom stereocenters. The molecule has 6 heteroatoms. The van der Waals surface area contributed by atoms with Crippen LogP contribution in [0.2, 0.25) is 5.02 Å². The van der Waals surface area contributed by atoms with E-state index in [0.29, 0.717) is 16.5 Å². The molecule has 1 aliphatic rings. The Balaban J connectivity index is 1.90. The fourth-order valence-corrected chi connectivity index (χ4v) is 3.94. The molecular formula is C17H23ClN4O. The minimum Gasteiger partial charge on any atom is -0.367 e. The Labute approximate surface area is 141 Å². The highest BCUT2D eigenvalue weighted by Crippen LogP contribution is 2.30. The van der Waals surface area contributed by atoms with Crippen LogP contribution in [0.4, 0.5) is 5.82 Å². The fourth-order valence-electron chi connectivity index (χ4n) is 3.78. The smallest absolute Gasteiger partial charge is 0.259 e. The van der Waals surface area contributed by atoms with Gasteiger partial charge in [-0.3, -0.25) is 9.20 Å². The number of nitrogens with one attached hydrogen (secondary N) is 2. The summed E-state index contributed by atoms with van der Waals surface area (Å²) in [6, 6.07) is 5.29. The highest BCUT2D eigenvalue weighted by molar-refractivity contribution is 6.30. The SMILES string of the molecule is CC1(C)CC(Nc2cc(=O)n3cc(Cl)ccc3n2)CC(C)(C)N1. The van der Waals surface area contributed by atoms with E-state index in [9.17, 15) is 4.79 Å². The molecule has 0 atom stereocenters. The van der Waals surface area contributed by atoms with E-state index in [4.69, 9.17) is 11.6 Å². The Bertz CT molecular complexity index is 781. The third-order valence-corrected chi connectivity index (χ3v) is 4.39. The first-order chi connectivity index (χ1) is 10.6. The second kappa shape index (κ2) is 5.49. The third kappa shape index (κ3) is 3.67. The summed E-state index contributed by atoms with van der Waals surface area (Å²) >= 11 is 5.94. The van der Waals surface area contributed by atoms with Crippen LogP contribution in [0.3, 0.4) is 0 Å². The van der Waals surface area contributed by atoms with Crippen LogP contribution in [0.5, 0.6) is 0 Å². The number of hydrogen-bond donors (Lipinski definition) is 2. The van der Waals surface area contributed by atoms with Gasteiger partial charge in [0, 0.05) is 29.4 Å². The maximum absolute atomic E-state index is 12.3. The molecule has 2 N–H and O–H groups in total. The Kier molecular flexibility index (Phi) is 3.89. The highest BCUT2D eigenvalue weighted by atomic mass is 35.5. The second-order valence-corrected chi connectivity index (χ2v) is 8.13. The van der Waals surface area contributed by atoms with E-state index in [2.05, 4.69) is 43.3 Å². The van der Waals surface area contributed by atoms with E-state index in [-0.39, 0.29) is 22.7 Å². The van der Waals surface area contributed by atoms with E-state index in [0.717, 1.165) is 12.8 Å². The molecule has 0 aromatic carbocycles. The Morgan fingerprint density at radius 2 is 1.91 bits per heavy atom. The first-order valence-electron chi connectivity index (χ1n) is 7.88. The van der Waals surface area contributed by atoms with Gasteiger partial charge in [0.15, 0.2) is 0 Å². The first-order valence-corrected chi connectivity index (χ1v) is 8.26. The number of hydrogen-bond acceptors (Lipinski definition) is 4. The predicted octanol–water partition coefficient (Wildman–Crippen LogP) is 3.07. The number of rotatable bonds is 2. The van der Waals surface area contributed by atoms with E-state index in [1.807, 2.05) is 0 Å². The molecule has 1 fully saturated rings. The topological polar surface area (TPSA) is 58.4 Å². The molecule has 1 saturated heterocycles. The van der Waals surface area contributed by atoms with Crippen LogP contribution in [0.1, 0.15) is 40.5 Å². The van der Waals surface area contributed by atoms with Gasteiger partial charge < -0.3 is 10.6 Å². The first kappa shape index (κ1) is 16.3. The van der Waals surface area contributed by atoms with Gasteiger partial charge in [-0.05, 0) is 52.7 Å². The zero-order valence-corrected chi connectivity index (χ0v) is 14.7. The average Bonchev–Trinajstić information content (AvgIpc) is 2.36. The second-order valence-electron chi connectivity index (χ2n) is 7.70. The summed E-state index contributed by atoms with van der Waals surface area (Å²) in [6.07, 6.45) is 3.53. The van der Waals surface area contributed by atoms with Crippen LogP contribution in [0, 0.1) is 0 Å². The number of anilines is 1. The van der Waals surface area contributed by atoms with Gasteiger partial charge in [-0.15, -0.1) is 0 Å². The maximum Gasteiger partial charge on any atom is 0.259 e. The van der Waals surface area contributed by atoms with Gasteiger partial charge in [-0.2, -0.15) is 0 Å². The van der Waals surface area contributed by atoms with Gasteiger partial charge >= 0.3 is 0 Å². The fraction of sp³-hybridized carbons (Fsp3) is 0.529. The molecule has 5 nitrogen and oxygen atoms in total. The molecule has 0 saturated carbocycles. The van der Waals surface area contributed by atoms with Crippen molar-refractivity contribution in [1.29, 1.82) is 0 Å². The zero-order chi connectivity index (χ0) is 16.8. The minimum absolute atomic E-state index is 0.0405. The Hall–Kier alpha value is -1.59. The van der Waals surface area contributed by atoms with Crippen LogP contribution in [0.25, 0.3) is 5.65 Å². The van der Waals surface area contributed by atoms with Gasteiger partial charge in [0.1, 0.15) is 11.5 Å². The van der Waals surface area contributed by atoms with Crippen molar-refractivity contribution in [2.75, 3.05) is 5.32 Å². The van der Waals surface area contributed by atoms with Crippen LogP contribution >= 0.6 is 11.6 Å². The van der Waals surface area contributed by atoms with Crippen molar-refractivity contribution in [3.05, 3.63) is 39.8 Å². The van der Waals surface area contributed by atoms with Crippen molar-refractivity contribution in [1.82, 2.24) is 14.7 Å². The number of aromatic nitrogens is 2. The quantitative estimate of drug-likeness (QED) is 0.886. The van der Waals surface area contributed by atoms with Crippen molar-refractivity contribution in [2.45, 2.75) is 57.7 Å². The maximum atomic E-state index is 12.3. The lowest BCUT2D eigenvalue weighted by Crippen LogP contribution is -2.60. The lowest BCUT2D eigenvalue weighted by molar-refractivity contribution is 0.170. The van der Waals surface area contributed by atoms with Gasteiger partial charge in [-0.1, -0.05) is 11.6 Å². The number of piperidine rings is 1. The summed E-state index contributed by atoms with van der Waals surface area (Å²) in [5, 5.41) is 7.61. The van der Waals surface area contributed by atoms with Gasteiger partial charge in [0.2, 0.25) is 0 Å². The van der Waals surface area contributed by atoms with Gasteiger partial charge in [0.25, 0.3) is 5.56 Å². The van der Waals surface area contributed by atoms with Gasteiger partial charge in [0.05, 0.1) is 5.02 Å². The van der Waals surface area contributed by atoms with Crippen molar-refractivity contribution in [2.24, 2.45) is 0 Å². The average molecular weight is 335 g/mol. The third-order valence-electron chi connectivity index (χ3n) is 4.17. The number of fused-ring (bicyclic) bond motifs is 1. The molecule has 2 aromatic heterocycles. The summed E-state index contributed by atoms with van der Waals surface area (Å²) in [5.74, 6) is 0.621. The van der Waals surface area contributed by atoms with Crippen LogP contribution < -0.4 is 16.2 Å². The molecule has 3 rings (SSSR count). The molecule has 3 heterocycles. The van der Waals surface area contributed by atoms with E-state index in [1.165, 1.54) is 10.5 Å². The van der Waals surface area contributed by atoms with Gasteiger partial charge in [-0.25, -0.2) is 4.98 Å². The molecule has 2 aromatic rings. The Morgan fingerprint density at radius 1 is 1.26 bits per heavy atom. The zero-order valence-electron chi connectivity index (χ0n) is 14.0. The molecule has 0 aliphatic carbocycles. The molecule has 23 heavy (non-hydrogen) atoms. The van der Waals surface area contributed by atoms with Crippen molar-refractivity contribution in [3.63, 3.8) is 0 Å².